The number of piperazine rings is 1. The first-order chi connectivity index (χ1) is 15.7. The number of aromatic nitrogens is 2. The fourth-order valence-electron chi connectivity index (χ4n) is 3.62. The summed E-state index contributed by atoms with van der Waals surface area (Å²) >= 11 is 0. The van der Waals surface area contributed by atoms with E-state index in [1.54, 1.807) is 12.4 Å². The van der Waals surface area contributed by atoms with Crippen molar-refractivity contribution in [3.8, 4) is 5.75 Å². The van der Waals surface area contributed by atoms with Crippen molar-refractivity contribution in [2.45, 2.75) is 25.3 Å². The SMILES string of the molecule is CN=C(NCCc1ccc(OCC(=O)NC2CC2)cc1)N1CCN(c2ncccn2)CC1. The van der Waals surface area contributed by atoms with Gasteiger partial charge in [0.05, 0.1) is 0 Å². The molecular weight excluding hydrogens is 406 g/mol. The van der Waals surface area contributed by atoms with Crippen molar-refractivity contribution in [2.24, 2.45) is 4.99 Å². The molecule has 1 amide bonds. The van der Waals surface area contributed by atoms with Crippen LogP contribution in [-0.2, 0) is 11.2 Å². The van der Waals surface area contributed by atoms with E-state index in [2.05, 4.69) is 35.4 Å². The number of carbonyl (C=O) groups excluding carboxylic acids is 1. The zero-order valence-corrected chi connectivity index (χ0v) is 18.5. The van der Waals surface area contributed by atoms with E-state index in [0.29, 0.717) is 11.8 Å². The van der Waals surface area contributed by atoms with E-state index in [4.69, 9.17) is 4.74 Å². The molecule has 1 aliphatic carbocycles. The molecule has 1 aromatic heterocycles. The second-order valence-corrected chi connectivity index (χ2v) is 8.02. The summed E-state index contributed by atoms with van der Waals surface area (Å²) in [7, 11) is 1.82. The second-order valence-electron chi connectivity index (χ2n) is 8.02. The first-order valence-corrected chi connectivity index (χ1v) is 11.2. The third-order valence-electron chi connectivity index (χ3n) is 5.56. The largest absolute Gasteiger partial charge is 0.484 e. The summed E-state index contributed by atoms with van der Waals surface area (Å²) in [6.45, 7) is 4.34. The van der Waals surface area contributed by atoms with Gasteiger partial charge in [-0.1, -0.05) is 12.1 Å². The minimum Gasteiger partial charge on any atom is -0.484 e. The van der Waals surface area contributed by atoms with Crippen molar-refractivity contribution in [3.05, 3.63) is 48.3 Å². The van der Waals surface area contributed by atoms with Crippen LogP contribution in [0, 0.1) is 0 Å². The monoisotopic (exact) mass is 437 g/mol. The van der Waals surface area contributed by atoms with Gasteiger partial charge in [-0.15, -0.1) is 0 Å². The molecular formula is C23H31N7O2. The predicted molar refractivity (Wildman–Crippen MR) is 124 cm³/mol. The van der Waals surface area contributed by atoms with Crippen LogP contribution in [-0.4, -0.2) is 79.2 Å². The molecule has 4 rings (SSSR count). The van der Waals surface area contributed by atoms with E-state index < -0.39 is 0 Å². The molecule has 0 unspecified atom stereocenters. The van der Waals surface area contributed by atoms with Crippen molar-refractivity contribution >= 4 is 17.8 Å². The maximum absolute atomic E-state index is 11.7. The summed E-state index contributed by atoms with van der Waals surface area (Å²) < 4.78 is 5.57. The van der Waals surface area contributed by atoms with Crippen molar-refractivity contribution in [3.63, 3.8) is 0 Å². The first kappa shape index (κ1) is 21.9. The molecule has 0 bridgehead atoms. The zero-order chi connectivity index (χ0) is 22.2. The van der Waals surface area contributed by atoms with Crippen LogP contribution in [0.2, 0.25) is 0 Å². The van der Waals surface area contributed by atoms with Crippen LogP contribution in [0.15, 0.2) is 47.7 Å². The topological polar surface area (TPSA) is 95.0 Å². The van der Waals surface area contributed by atoms with Crippen molar-refractivity contribution in [1.29, 1.82) is 0 Å². The minimum absolute atomic E-state index is 0.0516. The number of anilines is 1. The molecule has 32 heavy (non-hydrogen) atoms. The number of carbonyl (C=O) groups is 1. The Bertz CT molecular complexity index is 892. The molecule has 2 fully saturated rings. The number of hydrogen-bond acceptors (Lipinski definition) is 6. The van der Waals surface area contributed by atoms with Gasteiger partial charge in [0.25, 0.3) is 5.91 Å². The van der Waals surface area contributed by atoms with E-state index >= 15 is 0 Å². The van der Waals surface area contributed by atoms with Gasteiger partial charge in [0, 0.05) is 58.2 Å². The summed E-state index contributed by atoms with van der Waals surface area (Å²) in [4.78, 5) is 29.3. The molecule has 170 valence electrons. The van der Waals surface area contributed by atoms with Gasteiger partial charge in [0.15, 0.2) is 12.6 Å². The number of ether oxygens (including phenoxy) is 1. The Morgan fingerprint density at radius 3 is 2.50 bits per heavy atom. The smallest absolute Gasteiger partial charge is 0.258 e. The molecule has 1 saturated heterocycles. The van der Waals surface area contributed by atoms with E-state index in [1.807, 2.05) is 37.4 Å². The lowest BCUT2D eigenvalue weighted by Crippen LogP contribution is -2.53. The maximum atomic E-state index is 11.7. The predicted octanol–water partition coefficient (Wildman–Crippen LogP) is 1.07. The molecule has 2 heterocycles. The Kier molecular flexibility index (Phi) is 7.37. The highest BCUT2D eigenvalue weighted by atomic mass is 16.5. The van der Waals surface area contributed by atoms with Gasteiger partial charge in [0.1, 0.15) is 5.75 Å². The highest BCUT2D eigenvalue weighted by molar-refractivity contribution is 5.80. The van der Waals surface area contributed by atoms with Crippen LogP contribution >= 0.6 is 0 Å². The number of benzene rings is 1. The Morgan fingerprint density at radius 2 is 1.84 bits per heavy atom. The van der Waals surface area contributed by atoms with E-state index in [9.17, 15) is 4.79 Å². The van der Waals surface area contributed by atoms with Gasteiger partial charge in [-0.3, -0.25) is 9.79 Å². The Balaban J connectivity index is 1.17. The standard InChI is InChI=1S/C23H31N7O2/c1-24-22(29-13-15-30(16-14-29)23-25-10-2-11-26-23)27-12-9-18-3-7-20(8-4-18)32-17-21(31)28-19-5-6-19/h2-4,7-8,10-11,19H,5-6,9,12-17H2,1H3,(H,24,27)(H,28,31). The Morgan fingerprint density at radius 1 is 1.12 bits per heavy atom. The van der Waals surface area contributed by atoms with Crippen LogP contribution in [0.5, 0.6) is 5.75 Å². The second kappa shape index (κ2) is 10.8. The third kappa shape index (κ3) is 6.32. The molecule has 0 radical (unpaired) electrons. The molecule has 1 saturated carbocycles. The maximum Gasteiger partial charge on any atom is 0.258 e. The molecule has 2 aliphatic rings. The number of hydrogen-bond donors (Lipinski definition) is 2. The Hall–Kier alpha value is -3.36. The highest BCUT2D eigenvalue weighted by Crippen LogP contribution is 2.18. The van der Waals surface area contributed by atoms with Crippen LogP contribution in [0.4, 0.5) is 5.95 Å². The van der Waals surface area contributed by atoms with Crippen LogP contribution in [0.25, 0.3) is 0 Å². The van der Waals surface area contributed by atoms with Gasteiger partial charge in [-0.25, -0.2) is 9.97 Å². The van der Waals surface area contributed by atoms with Crippen molar-refractivity contribution < 1.29 is 9.53 Å². The van der Waals surface area contributed by atoms with Gasteiger partial charge in [-0.2, -0.15) is 0 Å². The first-order valence-electron chi connectivity index (χ1n) is 11.2. The molecule has 1 aromatic carbocycles. The van der Waals surface area contributed by atoms with Gasteiger partial charge >= 0.3 is 0 Å². The minimum atomic E-state index is -0.0516. The number of guanidine groups is 1. The molecule has 1 aliphatic heterocycles. The highest BCUT2D eigenvalue weighted by Gasteiger charge is 2.23. The fraction of sp³-hybridized carbons (Fsp3) is 0.478. The van der Waals surface area contributed by atoms with E-state index in [1.165, 1.54) is 5.56 Å². The van der Waals surface area contributed by atoms with Gasteiger partial charge < -0.3 is 25.2 Å². The van der Waals surface area contributed by atoms with Crippen LogP contribution < -0.4 is 20.3 Å². The third-order valence-corrected chi connectivity index (χ3v) is 5.56. The average molecular weight is 438 g/mol. The van der Waals surface area contributed by atoms with Gasteiger partial charge in [-0.05, 0) is 43.0 Å². The van der Waals surface area contributed by atoms with Crippen LogP contribution in [0.1, 0.15) is 18.4 Å². The summed E-state index contributed by atoms with van der Waals surface area (Å²) in [6, 6.07) is 10.1. The number of nitrogens with one attached hydrogen (secondary N) is 2. The lowest BCUT2D eigenvalue weighted by atomic mass is 10.1. The number of nitrogens with zero attached hydrogens (tertiary/aromatic N) is 5. The average Bonchev–Trinajstić information content (AvgIpc) is 3.66. The Labute approximate surface area is 188 Å². The molecule has 0 spiro atoms. The summed E-state index contributed by atoms with van der Waals surface area (Å²) in [5.41, 5.74) is 1.20. The normalized spacial score (nSPS) is 16.6. The number of aliphatic imine (C=N–C) groups is 1. The fourth-order valence-corrected chi connectivity index (χ4v) is 3.62. The van der Waals surface area contributed by atoms with E-state index in [0.717, 1.165) is 63.9 Å². The summed E-state index contributed by atoms with van der Waals surface area (Å²) in [5.74, 6) is 2.36. The zero-order valence-electron chi connectivity index (χ0n) is 18.5. The van der Waals surface area contributed by atoms with E-state index in [-0.39, 0.29) is 12.5 Å². The van der Waals surface area contributed by atoms with Crippen LogP contribution in [0.3, 0.4) is 0 Å². The quantitative estimate of drug-likeness (QED) is 0.471. The molecule has 2 N–H and O–H groups in total. The molecule has 0 atom stereocenters. The summed E-state index contributed by atoms with van der Waals surface area (Å²) in [5, 5.41) is 6.38. The lowest BCUT2D eigenvalue weighted by molar-refractivity contribution is -0.123. The molecule has 9 nitrogen and oxygen atoms in total. The molecule has 2 aromatic rings. The van der Waals surface area contributed by atoms with Gasteiger partial charge in [0.2, 0.25) is 5.95 Å². The number of rotatable bonds is 8. The van der Waals surface area contributed by atoms with Crippen molar-refractivity contribution in [1.82, 2.24) is 25.5 Å². The number of amides is 1. The molecule has 9 heteroatoms. The summed E-state index contributed by atoms with van der Waals surface area (Å²) in [6.07, 6.45) is 6.59. The van der Waals surface area contributed by atoms with Crippen molar-refractivity contribution in [2.75, 3.05) is 51.3 Å². The lowest BCUT2D eigenvalue weighted by Gasteiger charge is -2.36.